The molecule has 8 aromatic carbocycles. The van der Waals surface area contributed by atoms with E-state index in [1.807, 2.05) is 11.3 Å². The van der Waals surface area contributed by atoms with Crippen molar-refractivity contribution < 1.29 is 0 Å². The smallest absolute Gasteiger partial charge is 0.0541 e. The van der Waals surface area contributed by atoms with E-state index in [1.165, 1.54) is 103 Å². The van der Waals surface area contributed by atoms with Gasteiger partial charge in [0.1, 0.15) is 0 Å². The Hall–Kier alpha value is -6.42. The van der Waals surface area contributed by atoms with E-state index in [4.69, 9.17) is 0 Å². The first-order chi connectivity index (χ1) is 25.7. The number of thiophene rings is 1. The molecule has 11 aromatic rings. The highest BCUT2D eigenvalue weighted by molar-refractivity contribution is 7.25. The number of hydrogen-bond acceptors (Lipinski definition) is 1. The maximum atomic E-state index is 2.47. The first-order valence-corrected chi connectivity index (χ1v) is 18.7. The fraction of sp³-hybridized carbons (Fsp3) is 0.0204. The monoisotopic (exact) mass is 680 g/mol. The summed E-state index contributed by atoms with van der Waals surface area (Å²) in [6.45, 7) is 2.19. The van der Waals surface area contributed by atoms with Crippen molar-refractivity contribution in [3.8, 4) is 33.6 Å². The van der Waals surface area contributed by atoms with E-state index in [2.05, 4.69) is 192 Å². The molecule has 11 rings (SSSR count). The van der Waals surface area contributed by atoms with Crippen LogP contribution in [0, 0.1) is 6.92 Å². The molecule has 0 fully saturated rings. The number of rotatable bonds is 4. The molecule has 0 aliphatic rings. The first-order valence-electron chi connectivity index (χ1n) is 17.8. The van der Waals surface area contributed by atoms with Gasteiger partial charge in [0, 0.05) is 53.0 Å². The molecule has 0 N–H and O–H groups in total. The van der Waals surface area contributed by atoms with Crippen LogP contribution in [-0.2, 0) is 0 Å². The van der Waals surface area contributed by atoms with Crippen LogP contribution in [0.15, 0.2) is 176 Å². The average Bonchev–Trinajstić information content (AvgIpc) is 3.85. The van der Waals surface area contributed by atoms with Crippen LogP contribution in [0.25, 0.3) is 97.4 Å². The minimum atomic E-state index is 1.18. The van der Waals surface area contributed by atoms with Crippen LogP contribution >= 0.6 is 11.3 Å². The minimum Gasteiger partial charge on any atom is -0.309 e. The summed E-state index contributed by atoms with van der Waals surface area (Å²) in [5, 5.41) is 7.69. The standard InChI is InChI=1S/C49H32N2S/c1-31-19-23-45(39(27-31)34-22-26-49-42(30-34)38-15-7-10-18-48(38)52-49)51-44-17-9-6-14-37(44)41-29-33(21-25-47(41)51)32-20-24-46-40(28-32)36-13-5-8-16-43(36)50(46)35-11-3-2-4-12-35/h2-30H,1H3. The number of para-hydroxylation sites is 3. The molecular formula is C49H32N2S. The second kappa shape index (κ2) is 11.3. The molecule has 0 unspecified atom stereocenters. The van der Waals surface area contributed by atoms with E-state index in [0.29, 0.717) is 0 Å². The first kappa shape index (κ1) is 29.3. The zero-order valence-corrected chi connectivity index (χ0v) is 29.4. The number of hydrogen-bond donors (Lipinski definition) is 0. The zero-order valence-electron chi connectivity index (χ0n) is 28.5. The van der Waals surface area contributed by atoms with Gasteiger partial charge in [-0.2, -0.15) is 0 Å². The number of benzene rings is 8. The fourth-order valence-corrected chi connectivity index (χ4v) is 9.48. The summed E-state index contributed by atoms with van der Waals surface area (Å²) in [5.41, 5.74) is 13.4. The van der Waals surface area contributed by atoms with E-state index in [0.717, 1.165) is 0 Å². The number of aromatic nitrogens is 2. The highest BCUT2D eigenvalue weighted by Gasteiger charge is 2.18. The number of aryl methyl sites for hydroxylation is 1. The van der Waals surface area contributed by atoms with Crippen molar-refractivity contribution in [2.24, 2.45) is 0 Å². The Bertz CT molecular complexity index is 3190. The fourth-order valence-electron chi connectivity index (χ4n) is 8.39. The van der Waals surface area contributed by atoms with Crippen molar-refractivity contribution in [2.45, 2.75) is 6.92 Å². The second-order valence-corrected chi connectivity index (χ2v) is 14.9. The highest BCUT2D eigenvalue weighted by Crippen LogP contribution is 2.42. The van der Waals surface area contributed by atoms with Gasteiger partial charge in [0.15, 0.2) is 0 Å². The molecule has 3 aromatic heterocycles. The van der Waals surface area contributed by atoms with Crippen LogP contribution < -0.4 is 0 Å². The minimum absolute atomic E-state index is 1.18. The molecule has 3 heterocycles. The van der Waals surface area contributed by atoms with E-state index in [-0.39, 0.29) is 0 Å². The molecule has 0 saturated heterocycles. The maximum Gasteiger partial charge on any atom is 0.0541 e. The molecule has 0 spiro atoms. The van der Waals surface area contributed by atoms with Crippen molar-refractivity contribution in [3.63, 3.8) is 0 Å². The van der Waals surface area contributed by atoms with Crippen LogP contribution in [0.5, 0.6) is 0 Å². The Labute approximate surface area is 305 Å². The summed E-state index contributed by atoms with van der Waals surface area (Å²) in [4.78, 5) is 0. The molecule has 3 heteroatoms. The van der Waals surface area contributed by atoms with E-state index in [9.17, 15) is 0 Å². The van der Waals surface area contributed by atoms with Crippen molar-refractivity contribution in [3.05, 3.63) is 181 Å². The van der Waals surface area contributed by atoms with Gasteiger partial charge in [-0.25, -0.2) is 0 Å². The molecule has 0 amide bonds. The van der Waals surface area contributed by atoms with Crippen LogP contribution in [0.2, 0.25) is 0 Å². The Morgan fingerprint density at radius 1 is 0.365 bits per heavy atom. The van der Waals surface area contributed by atoms with Crippen molar-refractivity contribution in [1.29, 1.82) is 0 Å². The van der Waals surface area contributed by atoms with Gasteiger partial charge in [0.05, 0.1) is 27.8 Å². The van der Waals surface area contributed by atoms with Crippen LogP contribution in [0.3, 0.4) is 0 Å². The Balaban J connectivity index is 1.10. The third-order valence-corrected chi connectivity index (χ3v) is 11.9. The lowest BCUT2D eigenvalue weighted by Gasteiger charge is -2.15. The lowest BCUT2D eigenvalue weighted by atomic mass is 9.99. The molecule has 0 saturated carbocycles. The topological polar surface area (TPSA) is 9.86 Å². The third kappa shape index (κ3) is 4.36. The van der Waals surface area contributed by atoms with E-state index in [1.54, 1.807) is 0 Å². The Morgan fingerprint density at radius 2 is 0.904 bits per heavy atom. The SMILES string of the molecule is Cc1ccc(-n2c3ccccc3c3cc(-c4ccc5c(c4)c4ccccc4n5-c4ccccc4)ccc32)c(-c2ccc3sc4ccccc4c3c2)c1. The molecule has 0 aliphatic heterocycles. The number of nitrogens with zero attached hydrogens (tertiary/aromatic N) is 2. The van der Waals surface area contributed by atoms with Gasteiger partial charge >= 0.3 is 0 Å². The summed E-state index contributed by atoms with van der Waals surface area (Å²) >= 11 is 1.87. The van der Waals surface area contributed by atoms with Gasteiger partial charge in [0.25, 0.3) is 0 Å². The van der Waals surface area contributed by atoms with Gasteiger partial charge in [0.2, 0.25) is 0 Å². The Kier molecular flexibility index (Phi) is 6.37. The van der Waals surface area contributed by atoms with Gasteiger partial charge in [-0.05, 0) is 102 Å². The van der Waals surface area contributed by atoms with E-state index < -0.39 is 0 Å². The Morgan fingerprint density at radius 3 is 1.63 bits per heavy atom. The zero-order chi connectivity index (χ0) is 34.3. The van der Waals surface area contributed by atoms with Crippen molar-refractivity contribution >= 4 is 75.1 Å². The van der Waals surface area contributed by atoms with Crippen LogP contribution in [0.4, 0.5) is 0 Å². The summed E-state index contributed by atoms with van der Waals surface area (Å²) in [5.74, 6) is 0. The quantitative estimate of drug-likeness (QED) is 0.175. The van der Waals surface area contributed by atoms with Gasteiger partial charge < -0.3 is 9.13 Å². The van der Waals surface area contributed by atoms with Crippen LogP contribution in [0.1, 0.15) is 5.56 Å². The highest BCUT2D eigenvalue weighted by atomic mass is 32.1. The molecule has 2 nitrogen and oxygen atoms in total. The van der Waals surface area contributed by atoms with Crippen molar-refractivity contribution in [2.75, 3.05) is 0 Å². The normalized spacial score (nSPS) is 11.9. The molecule has 244 valence electrons. The molecule has 0 aliphatic carbocycles. The van der Waals surface area contributed by atoms with Gasteiger partial charge in [-0.15, -0.1) is 11.3 Å². The van der Waals surface area contributed by atoms with Crippen molar-refractivity contribution in [1.82, 2.24) is 9.13 Å². The predicted molar refractivity (Wildman–Crippen MR) is 224 cm³/mol. The molecule has 0 radical (unpaired) electrons. The summed E-state index contributed by atoms with van der Waals surface area (Å²) in [7, 11) is 0. The number of fused-ring (bicyclic) bond motifs is 9. The maximum absolute atomic E-state index is 2.47. The summed E-state index contributed by atoms with van der Waals surface area (Å²) in [6.07, 6.45) is 0. The van der Waals surface area contributed by atoms with Gasteiger partial charge in [-0.3, -0.25) is 0 Å². The molecule has 0 bridgehead atoms. The second-order valence-electron chi connectivity index (χ2n) is 13.8. The average molecular weight is 681 g/mol. The molecule has 0 atom stereocenters. The third-order valence-electron chi connectivity index (χ3n) is 10.8. The molecule has 52 heavy (non-hydrogen) atoms. The lowest BCUT2D eigenvalue weighted by Crippen LogP contribution is -1.98. The summed E-state index contributed by atoms with van der Waals surface area (Å²) < 4.78 is 7.50. The van der Waals surface area contributed by atoms with Crippen LogP contribution in [-0.4, -0.2) is 9.13 Å². The summed E-state index contributed by atoms with van der Waals surface area (Å²) in [6, 6.07) is 64.9. The lowest BCUT2D eigenvalue weighted by molar-refractivity contribution is 1.18. The van der Waals surface area contributed by atoms with E-state index >= 15 is 0 Å². The predicted octanol–water partition coefficient (Wildman–Crippen LogP) is 13.9. The largest absolute Gasteiger partial charge is 0.309 e. The van der Waals surface area contributed by atoms with Gasteiger partial charge in [-0.1, -0.05) is 103 Å². The molecular weight excluding hydrogens is 649 g/mol.